The Bertz CT molecular complexity index is 844. The molecule has 0 aromatic heterocycles. The van der Waals surface area contributed by atoms with Crippen molar-refractivity contribution in [2.24, 2.45) is 0 Å². The standard InChI is InChI=1S/C19H19Cl3N2O4/c1-11(28-13-5-3-12(20)4-6-13)18(25)23-9-10-24-19(26)16-14(21)7-8-15(22)17(16)27-2/h3-8,11H,9-10H2,1-2H3,(H,23,25)(H,24,26). The van der Waals surface area contributed by atoms with Crippen LogP contribution in [0, 0.1) is 0 Å². The molecule has 0 aliphatic rings. The Balaban J connectivity index is 1.82. The van der Waals surface area contributed by atoms with Gasteiger partial charge in [0.25, 0.3) is 11.8 Å². The first kappa shape index (κ1) is 22.1. The zero-order chi connectivity index (χ0) is 20.7. The molecule has 2 rings (SSSR count). The summed E-state index contributed by atoms with van der Waals surface area (Å²) >= 11 is 17.9. The zero-order valence-electron chi connectivity index (χ0n) is 15.2. The van der Waals surface area contributed by atoms with Crippen molar-refractivity contribution in [3.05, 3.63) is 57.0 Å². The average molecular weight is 446 g/mol. The number of rotatable bonds is 8. The van der Waals surface area contributed by atoms with Crippen LogP contribution in [0.2, 0.25) is 15.1 Å². The second kappa shape index (κ2) is 10.4. The van der Waals surface area contributed by atoms with E-state index >= 15 is 0 Å². The molecule has 28 heavy (non-hydrogen) atoms. The van der Waals surface area contributed by atoms with E-state index in [1.807, 2.05) is 0 Å². The van der Waals surface area contributed by atoms with Gasteiger partial charge in [0.05, 0.1) is 17.2 Å². The van der Waals surface area contributed by atoms with E-state index in [2.05, 4.69) is 10.6 Å². The molecule has 0 radical (unpaired) electrons. The number of hydrogen-bond donors (Lipinski definition) is 2. The smallest absolute Gasteiger partial charge is 0.260 e. The highest BCUT2D eigenvalue weighted by Crippen LogP contribution is 2.33. The van der Waals surface area contributed by atoms with Crippen LogP contribution in [0.3, 0.4) is 0 Å². The molecule has 0 heterocycles. The maximum atomic E-state index is 12.4. The van der Waals surface area contributed by atoms with Gasteiger partial charge in [0, 0.05) is 18.1 Å². The average Bonchev–Trinajstić information content (AvgIpc) is 2.68. The Morgan fingerprint density at radius 2 is 1.57 bits per heavy atom. The molecule has 0 saturated heterocycles. The first-order valence-corrected chi connectivity index (χ1v) is 9.47. The van der Waals surface area contributed by atoms with Crippen LogP contribution in [0.1, 0.15) is 17.3 Å². The predicted molar refractivity (Wildman–Crippen MR) is 110 cm³/mol. The van der Waals surface area contributed by atoms with Gasteiger partial charge in [-0.1, -0.05) is 34.8 Å². The van der Waals surface area contributed by atoms with Crippen LogP contribution in [0.5, 0.6) is 11.5 Å². The Labute approximate surface area is 178 Å². The zero-order valence-corrected chi connectivity index (χ0v) is 17.5. The quantitative estimate of drug-likeness (QED) is 0.603. The second-order valence-corrected chi connectivity index (χ2v) is 6.95. The fourth-order valence-corrected chi connectivity index (χ4v) is 2.90. The Kier molecular flexibility index (Phi) is 8.23. The minimum absolute atomic E-state index is 0.141. The fraction of sp³-hybridized carbons (Fsp3) is 0.263. The molecule has 0 fully saturated rings. The van der Waals surface area contributed by atoms with Gasteiger partial charge in [-0.25, -0.2) is 0 Å². The minimum Gasteiger partial charge on any atom is -0.494 e. The lowest BCUT2D eigenvalue weighted by Gasteiger charge is -2.15. The Morgan fingerprint density at radius 1 is 0.964 bits per heavy atom. The molecule has 0 saturated carbocycles. The second-order valence-electron chi connectivity index (χ2n) is 5.70. The van der Waals surface area contributed by atoms with E-state index in [4.69, 9.17) is 44.3 Å². The van der Waals surface area contributed by atoms with E-state index in [1.165, 1.54) is 13.2 Å². The van der Waals surface area contributed by atoms with Crippen LogP contribution in [-0.2, 0) is 4.79 Å². The van der Waals surface area contributed by atoms with Gasteiger partial charge < -0.3 is 20.1 Å². The highest BCUT2D eigenvalue weighted by atomic mass is 35.5. The van der Waals surface area contributed by atoms with Gasteiger partial charge >= 0.3 is 0 Å². The molecular weight excluding hydrogens is 427 g/mol. The summed E-state index contributed by atoms with van der Waals surface area (Å²) in [5.41, 5.74) is 0.141. The highest BCUT2D eigenvalue weighted by molar-refractivity contribution is 6.37. The van der Waals surface area contributed by atoms with E-state index in [1.54, 1.807) is 37.3 Å². The minimum atomic E-state index is -0.709. The van der Waals surface area contributed by atoms with Crippen LogP contribution in [0.4, 0.5) is 0 Å². The van der Waals surface area contributed by atoms with Crippen molar-refractivity contribution < 1.29 is 19.1 Å². The molecule has 0 aliphatic carbocycles. The third-order valence-corrected chi connectivity index (χ3v) is 4.56. The summed E-state index contributed by atoms with van der Waals surface area (Å²) in [6.07, 6.45) is -0.709. The summed E-state index contributed by atoms with van der Waals surface area (Å²) in [6.45, 7) is 2.02. The van der Waals surface area contributed by atoms with E-state index < -0.39 is 12.0 Å². The van der Waals surface area contributed by atoms with E-state index in [-0.39, 0.29) is 40.4 Å². The molecule has 1 atom stereocenters. The van der Waals surface area contributed by atoms with E-state index in [0.717, 1.165) is 0 Å². The fourth-order valence-electron chi connectivity index (χ4n) is 2.31. The third-order valence-electron chi connectivity index (χ3n) is 3.70. The molecule has 150 valence electrons. The third kappa shape index (κ3) is 5.92. The number of carbonyl (C=O) groups excluding carboxylic acids is 2. The van der Waals surface area contributed by atoms with Crippen molar-refractivity contribution in [3.8, 4) is 11.5 Å². The lowest BCUT2D eigenvalue weighted by atomic mass is 10.2. The molecule has 2 aromatic rings. The number of carbonyl (C=O) groups is 2. The number of methoxy groups -OCH3 is 1. The summed E-state index contributed by atoms with van der Waals surface area (Å²) in [4.78, 5) is 24.5. The molecule has 6 nitrogen and oxygen atoms in total. The van der Waals surface area contributed by atoms with Crippen LogP contribution < -0.4 is 20.1 Å². The van der Waals surface area contributed by atoms with Gasteiger partial charge in [0.15, 0.2) is 11.9 Å². The Morgan fingerprint density at radius 3 is 2.21 bits per heavy atom. The van der Waals surface area contributed by atoms with Crippen LogP contribution in [-0.4, -0.2) is 38.1 Å². The van der Waals surface area contributed by atoms with Crippen molar-refractivity contribution in [2.45, 2.75) is 13.0 Å². The largest absolute Gasteiger partial charge is 0.494 e. The van der Waals surface area contributed by atoms with Crippen LogP contribution >= 0.6 is 34.8 Å². The molecule has 0 bridgehead atoms. The van der Waals surface area contributed by atoms with Crippen molar-refractivity contribution in [3.63, 3.8) is 0 Å². The molecule has 0 spiro atoms. The summed E-state index contributed by atoms with van der Waals surface area (Å²) in [5.74, 6) is -0.0460. The number of ether oxygens (including phenoxy) is 2. The Hall–Kier alpha value is -2.15. The number of benzene rings is 2. The highest BCUT2D eigenvalue weighted by Gasteiger charge is 2.19. The van der Waals surface area contributed by atoms with Crippen molar-refractivity contribution in [2.75, 3.05) is 20.2 Å². The topological polar surface area (TPSA) is 76.7 Å². The molecular formula is C19H19Cl3N2O4. The van der Waals surface area contributed by atoms with Gasteiger partial charge in [-0.05, 0) is 43.3 Å². The summed E-state index contributed by atoms with van der Waals surface area (Å²) in [6, 6.07) is 9.75. The maximum absolute atomic E-state index is 12.4. The molecule has 9 heteroatoms. The van der Waals surface area contributed by atoms with E-state index in [0.29, 0.717) is 10.8 Å². The normalized spacial score (nSPS) is 11.5. The molecule has 0 aliphatic heterocycles. The van der Waals surface area contributed by atoms with Gasteiger partial charge in [-0.3, -0.25) is 9.59 Å². The van der Waals surface area contributed by atoms with Gasteiger partial charge in [0.1, 0.15) is 11.3 Å². The number of halogens is 3. The maximum Gasteiger partial charge on any atom is 0.260 e. The first-order valence-electron chi connectivity index (χ1n) is 8.33. The first-order chi connectivity index (χ1) is 13.3. The molecule has 2 aromatic carbocycles. The van der Waals surface area contributed by atoms with Gasteiger partial charge in [0.2, 0.25) is 0 Å². The van der Waals surface area contributed by atoms with Crippen LogP contribution in [0.15, 0.2) is 36.4 Å². The SMILES string of the molecule is COc1c(Cl)ccc(Cl)c1C(=O)NCCNC(=O)C(C)Oc1ccc(Cl)cc1. The summed E-state index contributed by atoms with van der Waals surface area (Å²) < 4.78 is 10.7. The molecule has 1 unspecified atom stereocenters. The van der Waals surface area contributed by atoms with Gasteiger partial charge in [-0.2, -0.15) is 0 Å². The monoisotopic (exact) mass is 444 g/mol. The number of nitrogens with one attached hydrogen (secondary N) is 2. The number of amides is 2. The predicted octanol–water partition coefficient (Wildman–Crippen LogP) is 3.97. The van der Waals surface area contributed by atoms with Crippen molar-refractivity contribution in [1.82, 2.24) is 10.6 Å². The number of hydrogen-bond acceptors (Lipinski definition) is 4. The lowest BCUT2D eigenvalue weighted by Crippen LogP contribution is -2.40. The summed E-state index contributed by atoms with van der Waals surface area (Å²) in [5, 5.41) is 6.41. The van der Waals surface area contributed by atoms with Crippen LogP contribution in [0.25, 0.3) is 0 Å². The van der Waals surface area contributed by atoms with Crippen molar-refractivity contribution >= 4 is 46.6 Å². The van der Waals surface area contributed by atoms with Gasteiger partial charge in [-0.15, -0.1) is 0 Å². The molecule has 2 N–H and O–H groups in total. The van der Waals surface area contributed by atoms with Crippen molar-refractivity contribution in [1.29, 1.82) is 0 Å². The summed E-state index contributed by atoms with van der Waals surface area (Å²) in [7, 11) is 1.40. The lowest BCUT2D eigenvalue weighted by molar-refractivity contribution is -0.127. The van der Waals surface area contributed by atoms with E-state index in [9.17, 15) is 9.59 Å². The molecule has 2 amide bonds.